The number of hydrogen-bond donors (Lipinski definition) is 1. The van der Waals surface area contributed by atoms with Gasteiger partial charge in [0.15, 0.2) is 11.6 Å². The third-order valence-electron chi connectivity index (χ3n) is 10.7. The molecule has 4 unspecified atom stereocenters. The van der Waals surface area contributed by atoms with Crippen LogP contribution in [-0.4, -0.2) is 41.6 Å². The molecule has 0 aromatic heterocycles. The van der Waals surface area contributed by atoms with E-state index in [1.165, 1.54) is 0 Å². The maximum Gasteiger partial charge on any atom is 0.413 e. The molecular weight excluding hydrogens is 602 g/mol. The average molecular weight is 641 g/mol. The molecular formula is C33H38Cl2F3NO4. The van der Waals surface area contributed by atoms with Gasteiger partial charge in [-0.1, -0.05) is 55.0 Å². The fourth-order valence-corrected chi connectivity index (χ4v) is 8.49. The largest absolute Gasteiger partial charge is 0.481 e. The Morgan fingerprint density at radius 3 is 2.21 bits per heavy atom. The molecule has 4 atom stereocenters. The number of carbonyl (C=O) groups excluding carboxylic acids is 2. The highest BCUT2D eigenvalue weighted by Gasteiger charge is 2.57. The summed E-state index contributed by atoms with van der Waals surface area (Å²) in [5.74, 6) is -3.14. The Morgan fingerprint density at radius 1 is 1.00 bits per heavy atom. The van der Waals surface area contributed by atoms with Crippen LogP contribution in [0, 0.1) is 40.9 Å². The minimum Gasteiger partial charge on any atom is -0.481 e. The third-order valence-corrected chi connectivity index (χ3v) is 11.3. The number of carboxylic acids is 1. The first-order chi connectivity index (χ1) is 20.3. The second kappa shape index (κ2) is 12.7. The number of carbonyl (C=O) groups is 3. The lowest BCUT2D eigenvalue weighted by Gasteiger charge is -2.37. The number of aliphatic carboxylic acids is 1. The summed E-state index contributed by atoms with van der Waals surface area (Å²) in [6, 6.07) is 4.77. The first-order valence-electron chi connectivity index (χ1n) is 15.3. The van der Waals surface area contributed by atoms with Gasteiger partial charge in [-0.3, -0.25) is 19.4 Å². The zero-order valence-electron chi connectivity index (χ0n) is 24.3. The van der Waals surface area contributed by atoms with Gasteiger partial charge in [0.25, 0.3) is 0 Å². The maximum atomic E-state index is 14.6. The lowest BCUT2D eigenvalue weighted by atomic mass is 9.67. The highest BCUT2D eigenvalue weighted by atomic mass is 35.5. The number of hydrogen-bond acceptors (Lipinski definition) is 4. The number of allylic oxidation sites excluding steroid dienone is 2. The first kappa shape index (κ1) is 32.2. The Bertz CT molecular complexity index is 1310. The fourth-order valence-electron chi connectivity index (χ4n) is 7.88. The van der Waals surface area contributed by atoms with Gasteiger partial charge in [0.05, 0.1) is 21.0 Å². The van der Waals surface area contributed by atoms with Gasteiger partial charge in [-0.25, -0.2) is 0 Å². The molecule has 10 heteroatoms. The molecule has 1 aromatic carbocycles. The number of rotatable bonds is 9. The molecule has 3 aliphatic carbocycles. The molecule has 0 spiro atoms. The quantitative estimate of drug-likeness (QED) is 0.274. The van der Waals surface area contributed by atoms with Crippen LogP contribution in [0.15, 0.2) is 34.3 Å². The monoisotopic (exact) mass is 639 g/mol. The minimum absolute atomic E-state index is 0.00390. The van der Waals surface area contributed by atoms with Crippen molar-refractivity contribution in [3.8, 4) is 0 Å². The van der Waals surface area contributed by atoms with Crippen molar-refractivity contribution in [2.75, 3.05) is 6.54 Å². The lowest BCUT2D eigenvalue weighted by Crippen LogP contribution is -2.35. The molecule has 3 fully saturated rings. The summed E-state index contributed by atoms with van der Waals surface area (Å²) < 4.78 is 43.8. The SMILES string of the molecule is CC1(C(=O)O)CCC(C2CN=CC(C(=O)C3C(CC(=O)c4c(Cl)cccc4Cl)C3CC3CCCC3)=C(C(F)(F)F)C2)CC1. The van der Waals surface area contributed by atoms with Crippen LogP contribution < -0.4 is 0 Å². The van der Waals surface area contributed by atoms with Crippen molar-refractivity contribution < 1.29 is 32.7 Å². The van der Waals surface area contributed by atoms with Gasteiger partial charge in [0, 0.05) is 36.2 Å². The number of Topliss-reactive ketones (excluding diaryl/α,β-unsaturated/α-hetero) is 2. The summed E-state index contributed by atoms with van der Waals surface area (Å²) in [5.41, 5.74) is -1.91. The molecule has 4 aliphatic rings. The van der Waals surface area contributed by atoms with Crippen LogP contribution in [0.2, 0.25) is 10.0 Å². The van der Waals surface area contributed by atoms with Gasteiger partial charge in [-0.15, -0.1) is 0 Å². The van der Waals surface area contributed by atoms with Crippen molar-refractivity contribution >= 4 is 47.0 Å². The van der Waals surface area contributed by atoms with Crippen LogP contribution in [0.1, 0.15) is 87.9 Å². The van der Waals surface area contributed by atoms with Gasteiger partial charge in [0.2, 0.25) is 0 Å². The Morgan fingerprint density at radius 2 is 1.63 bits per heavy atom. The average Bonchev–Trinajstić information content (AvgIpc) is 3.43. The van der Waals surface area contributed by atoms with Crippen LogP contribution in [-0.2, 0) is 9.59 Å². The van der Waals surface area contributed by atoms with E-state index in [9.17, 15) is 32.7 Å². The van der Waals surface area contributed by atoms with E-state index in [2.05, 4.69) is 4.99 Å². The number of halogens is 5. The second-order valence-electron chi connectivity index (χ2n) is 13.4. The number of carboxylic acid groups (broad SMARTS) is 1. The normalized spacial score (nSPS) is 31.6. The van der Waals surface area contributed by atoms with E-state index in [-0.39, 0.29) is 64.1 Å². The van der Waals surface area contributed by atoms with Gasteiger partial charge in [-0.2, -0.15) is 13.2 Å². The van der Waals surface area contributed by atoms with Gasteiger partial charge < -0.3 is 5.11 Å². The second-order valence-corrected chi connectivity index (χ2v) is 14.2. The predicted octanol–water partition coefficient (Wildman–Crippen LogP) is 8.81. The molecule has 43 heavy (non-hydrogen) atoms. The first-order valence-corrected chi connectivity index (χ1v) is 16.1. The molecule has 0 amide bonds. The molecule has 5 nitrogen and oxygen atoms in total. The number of aliphatic imine (C=N–C) groups is 1. The van der Waals surface area contributed by atoms with E-state index in [1.54, 1.807) is 25.1 Å². The zero-order chi connectivity index (χ0) is 31.1. The number of benzene rings is 1. The van der Waals surface area contributed by atoms with E-state index < -0.39 is 40.8 Å². The van der Waals surface area contributed by atoms with Crippen LogP contribution in [0.3, 0.4) is 0 Å². The smallest absolute Gasteiger partial charge is 0.413 e. The molecule has 234 valence electrons. The summed E-state index contributed by atoms with van der Waals surface area (Å²) in [4.78, 5) is 43.3. The van der Waals surface area contributed by atoms with E-state index in [1.807, 2.05) is 0 Å². The van der Waals surface area contributed by atoms with Crippen LogP contribution in [0.4, 0.5) is 13.2 Å². The zero-order valence-corrected chi connectivity index (χ0v) is 25.8. The molecule has 5 rings (SSSR count). The third kappa shape index (κ3) is 6.90. The van der Waals surface area contributed by atoms with E-state index >= 15 is 0 Å². The van der Waals surface area contributed by atoms with E-state index in [0.717, 1.165) is 31.9 Å². The van der Waals surface area contributed by atoms with Crippen molar-refractivity contribution in [2.45, 2.75) is 83.7 Å². The van der Waals surface area contributed by atoms with Crippen LogP contribution in [0.25, 0.3) is 0 Å². The van der Waals surface area contributed by atoms with Crippen molar-refractivity contribution in [1.29, 1.82) is 0 Å². The predicted molar refractivity (Wildman–Crippen MR) is 160 cm³/mol. The molecule has 1 aromatic rings. The summed E-state index contributed by atoms with van der Waals surface area (Å²) in [6.45, 7) is 1.85. The minimum atomic E-state index is -4.71. The molecule has 0 radical (unpaired) electrons. The van der Waals surface area contributed by atoms with Crippen LogP contribution in [0.5, 0.6) is 0 Å². The molecule has 3 saturated carbocycles. The van der Waals surface area contributed by atoms with Crippen molar-refractivity contribution in [3.05, 3.63) is 45.0 Å². The standard InChI is InChI=1S/C33H38Cl2F3NO4/c1-32(31(42)43)11-9-19(10-12-32)20-14-24(33(36,37)38)23(17-39-16-20)30(41)28-21(13-18-5-2-3-6-18)22(28)15-27(40)29-25(34)7-4-8-26(29)35/h4,7-8,17-22,28H,2-3,5-6,9-16H2,1H3,(H,42,43). The van der Waals surface area contributed by atoms with Gasteiger partial charge in [0.1, 0.15) is 0 Å². The van der Waals surface area contributed by atoms with Crippen LogP contribution >= 0.6 is 23.2 Å². The Hall–Kier alpha value is -2.19. The Balaban J connectivity index is 1.38. The highest BCUT2D eigenvalue weighted by molar-refractivity contribution is 6.39. The topological polar surface area (TPSA) is 83.8 Å². The highest BCUT2D eigenvalue weighted by Crippen LogP contribution is 2.56. The Kier molecular flexibility index (Phi) is 9.49. The summed E-state index contributed by atoms with van der Waals surface area (Å²) in [7, 11) is 0. The van der Waals surface area contributed by atoms with Gasteiger partial charge in [-0.05, 0) is 87.2 Å². The molecule has 1 heterocycles. The van der Waals surface area contributed by atoms with Crippen molar-refractivity contribution in [3.63, 3.8) is 0 Å². The Labute approximate surface area is 260 Å². The number of ketones is 2. The summed E-state index contributed by atoms with van der Waals surface area (Å²) in [5, 5.41) is 9.99. The number of nitrogens with zero attached hydrogens (tertiary/aromatic N) is 1. The van der Waals surface area contributed by atoms with E-state index in [0.29, 0.717) is 38.0 Å². The lowest BCUT2D eigenvalue weighted by molar-refractivity contribution is -0.150. The van der Waals surface area contributed by atoms with Crippen molar-refractivity contribution in [2.24, 2.45) is 45.9 Å². The fraction of sp³-hybridized carbons (Fsp3) is 0.636. The van der Waals surface area contributed by atoms with Crippen molar-refractivity contribution in [1.82, 2.24) is 0 Å². The van der Waals surface area contributed by atoms with Gasteiger partial charge >= 0.3 is 12.1 Å². The summed E-state index contributed by atoms with van der Waals surface area (Å²) in [6.07, 6.45) is 2.86. The molecule has 0 bridgehead atoms. The summed E-state index contributed by atoms with van der Waals surface area (Å²) >= 11 is 12.5. The molecule has 1 N–H and O–H groups in total. The maximum absolute atomic E-state index is 14.6. The number of alkyl halides is 3. The van der Waals surface area contributed by atoms with E-state index in [4.69, 9.17) is 23.2 Å². The molecule has 0 saturated heterocycles. The molecule has 1 aliphatic heterocycles.